The quantitative estimate of drug-likeness (QED) is 0.713. The molecule has 0 fully saturated rings. The predicted octanol–water partition coefficient (Wildman–Crippen LogP) is 1.46. The lowest BCUT2D eigenvalue weighted by molar-refractivity contribution is -0.111. The van der Waals surface area contributed by atoms with Gasteiger partial charge in [-0.1, -0.05) is 18.7 Å². The fraction of sp³-hybridized carbons (Fsp3) is 0.250. The summed E-state index contributed by atoms with van der Waals surface area (Å²) < 4.78 is 0. The Morgan fingerprint density at radius 3 is 3.20 bits per heavy atom. The standard InChI is InChI=1S/C12H14N2O/c1-2-12(15)14-11-5-3-4-9-8-13-7-6-10(9)11/h2-5,13H,1,6-8H2,(H,14,15). The average molecular weight is 202 g/mol. The summed E-state index contributed by atoms with van der Waals surface area (Å²) in [6, 6.07) is 5.99. The van der Waals surface area contributed by atoms with Crippen molar-refractivity contribution in [1.29, 1.82) is 0 Å². The zero-order chi connectivity index (χ0) is 10.7. The summed E-state index contributed by atoms with van der Waals surface area (Å²) >= 11 is 0. The Morgan fingerprint density at radius 1 is 1.53 bits per heavy atom. The molecule has 0 unspecified atom stereocenters. The Balaban J connectivity index is 2.30. The van der Waals surface area contributed by atoms with Crippen LogP contribution in [0.25, 0.3) is 0 Å². The number of hydrogen-bond acceptors (Lipinski definition) is 2. The van der Waals surface area contributed by atoms with E-state index in [1.54, 1.807) is 0 Å². The number of rotatable bonds is 2. The lowest BCUT2D eigenvalue weighted by Crippen LogP contribution is -2.25. The second-order valence-electron chi connectivity index (χ2n) is 3.56. The van der Waals surface area contributed by atoms with Crippen LogP contribution in [0.3, 0.4) is 0 Å². The molecule has 0 saturated heterocycles. The van der Waals surface area contributed by atoms with Crippen LogP contribution >= 0.6 is 0 Å². The SMILES string of the molecule is C=CC(=O)Nc1cccc2c1CCNC2. The Morgan fingerprint density at radius 2 is 2.40 bits per heavy atom. The first-order valence-corrected chi connectivity index (χ1v) is 5.06. The Kier molecular flexibility index (Phi) is 2.83. The highest BCUT2D eigenvalue weighted by molar-refractivity contribution is 5.99. The molecule has 1 aliphatic heterocycles. The molecule has 0 saturated carbocycles. The highest BCUT2D eigenvalue weighted by Crippen LogP contribution is 2.22. The molecule has 2 rings (SSSR count). The van der Waals surface area contributed by atoms with Gasteiger partial charge in [0.15, 0.2) is 0 Å². The lowest BCUT2D eigenvalue weighted by Gasteiger charge is -2.20. The molecule has 0 radical (unpaired) electrons. The maximum atomic E-state index is 11.2. The largest absolute Gasteiger partial charge is 0.322 e. The fourth-order valence-corrected chi connectivity index (χ4v) is 1.83. The van der Waals surface area contributed by atoms with Gasteiger partial charge in [-0.25, -0.2) is 0 Å². The van der Waals surface area contributed by atoms with E-state index in [9.17, 15) is 4.79 Å². The summed E-state index contributed by atoms with van der Waals surface area (Å²) in [4.78, 5) is 11.2. The summed E-state index contributed by atoms with van der Waals surface area (Å²) in [7, 11) is 0. The Hall–Kier alpha value is -1.61. The van der Waals surface area contributed by atoms with E-state index in [2.05, 4.69) is 23.3 Å². The molecule has 1 aliphatic rings. The molecule has 0 aromatic heterocycles. The highest BCUT2D eigenvalue weighted by Gasteiger charge is 2.12. The van der Waals surface area contributed by atoms with E-state index >= 15 is 0 Å². The molecule has 1 heterocycles. The van der Waals surface area contributed by atoms with Gasteiger partial charge >= 0.3 is 0 Å². The van der Waals surface area contributed by atoms with E-state index in [0.717, 1.165) is 25.2 Å². The lowest BCUT2D eigenvalue weighted by atomic mass is 9.99. The zero-order valence-electron chi connectivity index (χ0n) is 8.55. The smallest absolute Gasteiger partial charge is 0.247 e. The van der Waals surface area contributed by atoms with Crippen LogP contribution < -0.4 is 10.6 Å². The third-order valence-corrected chi connectivity index (χ3v) is 2.58. The second-order valence-corrected chi connectivity index (χ2v) is 3.56. The van der Waals surface area contributed by atoms with Crippen LogP contribution in [-0.2, 0) is 17.8 Å². The molecule has 1 aromatic rings. The zero-order valence-corrected chi connectivity index (χ0v) is 8.55. The van der Waals surface area contributed by atoms with Crippen LogP contribution in [-0.4, -0.2) is 12.5 Å². The predicted molar refractivity (Wildman–Crippen MR) is 60.7 cm³/mol. The van der Waals surface area contributed by atoms with Crippen LogP contribution in [0, 0.1) is 0 Å². The number of hydrogen-bond donors (Lipinski definition) is 2. The van der Waals surface area contributed by atoms with Crippen LogP contribution in [0.5, 0.6) is 0 Å². The Labute approximate surface area is 89.2 Å². The van der Waals surface area contributed by atoms with Crippen molar-refractivity contribution in [2.45, 2.75) is 13.0 Å². The van der Waals surface area contributed by atoms with Gasteiger partial charge in [0.25, 0.3) is 0 Å². The molecule has 3 heteroatoms. The van der Waals surface area contributed by atoms with Crippen molar-refractivity contribution in [2.24, 2.45) is 0 Å². The number of fused-ring (bicyclic) bond motifs is 1. The van der Waals surface area contributed by atoms with Crippen LogP contribution in [0.15, 0.2) is 30.9 Å². The van der Waals surface area contributed by atoms with Crippen LogP contribution in [0.2, 0.25) is 0 Å². The third-order valence-electron chi connectivity index (χ3n) is 2.58. The first-order chi connectivity index (χ1) is 7.31. The van der Waals surface area contributed by atoms with E-state index in [1.165, 1.54) is 17.2 Å². The van der Waals surface area contributed by atoms with Crippen molar-refractivity contribution in [1.82, 2.24) is 5.32 Å². The summed E-state index contributed by atoms with van der Waals surface area (Å²) in [5.74, 6) is -0.151. The first-order valence-electron chi connectivity index (χ1n) is 5.06. The van der Waals surface area contributed by atoms with E-state index in [-0.39, 0.29) is 5.91 Å². The summed E-state index contributed by atoms with van der Waals surface area (Å²) in [6.07, 6.45) is 2.25. The number of nitrogens with one attached hydrogen (secondary N) is 2. The average Bonchev–Trinajstić information content (AvgIpc) is 2.29. The summed E-state index contributed by atoms with van der Waals surface area (Å²) in [6.45, 7) is 5.29. The molecule has 0 spiro atoms. The summed E-state index contributed by atoms with van der Waals surface area (Å²) in [5, 5.41) is 6.14. The molecule has 78 valence electrons. The molecule has 1 amide bonds. The first kappa shape index (κ1) is 9.93. The van der Waals surface area contributed by atoms with Gasteiger partial charge in [-0.2, -0.15) is 0 Å². The minimum atomic E-state index is -0.151. The van der Waals surface area contributed by atoms with Gasteiger partial charge in [-0.05, 0) is 36.2 Å². The fourth-order valence-electron chi connectivity index (χ4n) is 1.83. The van der Waals surface area contributed by atoms with Crippen molar-refractivity contribution in [3.8, 4) is 0 Å². The molecule has 3 nitrogen and oxygen atoms in total. The third kappa shape index (κ3) is 2.07. The van der Waals surface area contributed by atoms with Crippen molar-refractivity contribution < 1.29 is 4.79 Å². The second kappa shape index (κ2) is 4.28. The van der Waals surface area contributed by atoms with Crippen molar-refractivity contribution >= 4 is 11.6 Å². The van der Waals surface area contributed by atoms with E-state index < -0.39 is 0 Å². The molecular weight excluding hydrogens is 188 g/mol. The molecular formula is C12H14N2O. The highest BCUT2D eigenvalue weighted by atomic mass is 16.1. The minimum Gasteiger partial charge on any atom is -0.322 e. The van der Waals surface area contributed by atoms with Crippen LogP contribution in [0.4, 0.5) is 5.69 Å². The number of anilines is 1. The Bertz CT molecular complexity index is 399. The minimum absolute atomic E-state index is 0.151. The van der Waals surface area contributed by atoms with Gasteiger partial charge in [0.2, 0.25) is 5.91 Å². The van der Waals surface area contributed by atoms with Crippen molar-refractivity contribution in [2.75, 3.05) is 11.9 Å². The van der Waals surface area contributed by atoms with Crippen molar-refractivity contribution in [3.63, 3.8) is 0 Å². The van der Waals surface area contributed by atoms with Gasteiger partial charge in [0, 0.05) is 12.2 Å². The maximum absolute atomic E-state index is 11.2. The number of benzene rings is 1. The number of carbonyl (C=O) groups is 1. The molecule has 0 bridgehead atoms. The maximum Gasteiger partial charge on any atom is 0.247 e. The molecule has 0 atom stereocenters. The monoisotopic (exact) mass is 202 g/mol. The number of carbonyl (C=O) groups excluding carboxylic acids is 1. The topological polar surface area (TPSA) is 41.1 Å². The van der Waals surface area contributed by atoms with E-state index in [1.807, 2.05) is 12.1 Å². The van der Waals surface area contributed by atoms with Crippen molar-refractivity contribution in [3.05, 3.63) is 42.0 Å². The van der Waals surface area contributed by atoms with Gasteiger partial charge in [-0.3, -0.25) is 4.79 Å². The van der Waals surface area contributed by atoms with Gasteiger partial charge in [0.1, 0.15) is 0 Å². The van der Waals surface area contributed by atoms with Gasteiger partial charge in [0.05, 0.1) is 0 Å². The number of amides is 1. The van der Waals surface area contributed by atoms with E-state index in [4.69, 9.17) is 0 Å². The van der Waals surface area contributed by atoms with Crippen LogP contribution in [0.1, 0.15) is 11.1 Å². The molecule has 2 N–H and O–H groups in total. The van der Waals surface area contributed by atoms with E-state index in [0.29, 0.717) is 0 Å². The summed E-state index contributed by atoms with van der Waals surface area (Å²) in [5.41, 5.74) is 3.42. The molecule has 0 aliphatic carbocycles. The molecule has 1 aromatic carbocycles. The molecule has 15 heavy (non-hydrogen) atoms. The van der Waals surface area contributed by atoms with Gasteiger partial charge < -0.3 is 10.6 Å². The van der Waals surface area contributed by atoms with Gasteiger partial charge in [-0.15, -0.1) is 0 Å². The normalized spacial score (nSPS) is 14.1.